The molecule has 1 aliphatic rings. The summed E-state index contributed by atoms with van der Waals surface area (Å²) in [6, 6.07) is 13.6. The van der Waals surface area contributed by atoms with E-state index in [9.17, 15) is 4.79 Å². The molecule has 2 N–H and O–H groups in total. The normalized spacial score (nSPS) is 14.8. The molecule has 1 amide bonds. The summed E-state index contributed by atoms with van der Waals surface area (Å²) in [6.45, 7) is 9.36. The molecular formula is C29H35N5O. The van der Waals surface area contributed by atoms with Crippen LogP contribution in [0.2, 0.25) is 0 Å². The van der Waals surface area contributed by atoms with Gasteiger partial charge in [-0.15, -0.1) is 0 Å². The number of benzene rings is 2. The van der Waals surface area contributed by atoms with Crippen molar-refractivity contribution in [2.75, 3.05) is 24.7 Å². The van der Waals surface area contributed by atoms with Crippen LogP contribution in [-0.4, -0.2) is 34.9 Å². The summed E-state index contributed by atoms with van der Waals surface area (Å²) in [7, 11) is 4.06. The van der Waals surface area contributed by atoms with E-state index in [1.807, 2.05) is 57.4 Å². The molecule has 1 heterocycles. The first-order valence-electron chi connectivity index (χ1n) is 12.2. The summed E-state index contributed by atoms with van der Waals surface area (Å²) >= 11 is 0. The number of anilines is 3. The first-order chi connectivity index (χ1) is 16.7. The van der Waals surface area contributed by atoms with Crippen LogP contribution in [0.15, 0.2) is 42.5 Å². The number of rotatable bonds is 7. The van der Waals surface area contributed by atoms with Gasteiger partial charge in [0.2, 0.25) is 5.95 Å². The smallest absolute Gasteiger partial charge is 0.255 e. The third kappa shape index (κ3) is 5.95. The molecule has 0 saturated heterocycles. The third-order valence-electron chi connectivity index (χ3n) is 6.14. The van der Waals surface area contributed by atoms with E-state index in [2.05, 4.69) is 54.5 Å². The minimum absolute atomic E-state index is 0.131. The summed E-state index contributed by atoms with van der Waals surface area (Å²) in [5.74, 6) is 1.25. The van der Waals surface area contributed by atoms with E-state index in [-0.39, 0.29) is 5.91 Å². The Labute approximate surface area is 207 Å². The van der Waals surface area contributed by atoms with Crippen molar-refractivity contribution in [2.24, 2.45) is 5.92 Å². The van der Waals surface area contributed by atoms with Gasteiger partial charge in [-0.2, -0.15) is 0 Å². The van der Waals surface area contributed by atoms with Crippen LogP contribution in [0.3, 0.4) is 0 Å². The summed E-state index contributed by atoms with van der Waals surface area (Å²) in [4.78, 5) is 24.6. The quantitative estimate of drug-likeness (QED) is 0.531. The number of aromatic nitrogens is 2. The molecule has 0 bridgehead atoms. The van der Waals surface area contributed by atoms with Crippen LogP contribution in [-0.2, 0) is 6.54 Å². The van der Waals surface area contributed by atoms with Crippen molar-refractivity contribution >= 4 is 35.4 Å². The van der Waals surface area contributed by atoms with Gasteiger partial charge < -0.3 is 15.5 Å². The van der Waals surface area contributed by atoms with Gasteiger partial charge in [0, 0.05) is 28.7 Å². The van der Waals surface area contributed by atoms with Gasteiger partial charge in [-0.25, -0.2) is 9.97 Å². The average molecular weight is 470 g/mol. The molecule has 3 aromatic rings. The summed E-state index contributed by atoms with van der Waals surface area (Å²) in [5.41, 5.74) is 5.53. The number of aryl methyl sites for hydroxylation is 1. The van der Waals surface area contributed by atoms with Crippen molar-refractivity contribution in [3.05, 3.63) is 75.4 Å². The first-order valence-corrected chi connectivity index (χ1v) is 12.2. The molecule has 0 aliphatic heterocycles. The Kier molecular flexibility index (Phi) is 7.31. The van der Waals surface area contributed by atoms with E-state index >= 15 is 0 Å². The number of hydrogen-bond donors (Lipinski definition) is 2. The highest BCUT2D eigenvalue weighted by molar-refractivity contribution is 6.04. The van der Waals surface area contributed by atoms with Gasteiger partial charge in [-0.3, -0.25) is 4.79 Å². The van der Waals surface area contributed by atoms with Crippen molar-refractivity contribution in [1.82, 2.24) is 14.9 Å². The van der Waals surface area contributed by atoms with E-state index in [4.69, 9.17) is 9.97 Å². The van der Waals surface area contributed by atoms with Gasteiger partial charge in [-0.05, 0) is 80.7 Å². The number of hydrogen-bond acceptors (Lipinski definition) is 5. The van der Waals surface area contributed by atoms with Crippen molar-refractivity contribution < 1.29 is 4.79 Å². The number of nitrogens with zero attached hydrogens (tertiary/aromatic N) is 3. The molecule has 6 nitrogen and oxygen atoms in total. The molecule has 6 heteroatoms. The van der Waals surface area contributed by atoms with Crippen LogP contribution in [0, 0.1) is 12.8 Å². The standard InChI is InChI=1S/C29H35N5O/c1-18(2)27-24-15-19(3)7-14-25(24)32-29(33-27)30-23-12-10-22(11-13-23)28(35)31-26-16-21(17-34(5)6)9-8-20(26)4/h8-16,18-19H,7,17H2,1-6H3,(H,30,32)(H,31,35). The molecular weight excluding hydrogens is 434 g/mol. The molecule has 35 heavy (non-hydrogen) atoms. The Hall–Kier alpha value is -3.51. The van der Waals surface area contributed by atoms with Crippen LogP contribution in [0.25, 0.3) is 12.2 Å². The molecule has 182 valence electrons. The molecule has 2 aromatic carbocycles. The maximum atomic E-state index is 12.9. The summed E-state index contributed by atoms with van der Waals surface area (Å²) in [5, 5.41) is 8.52. The molecule has 1 unspecified atom stereocenters. The van der Waals surface area contributed by atoms with E-state index in [0.29, 0.717) is 23.3 Å². The van der Waals surface area contributed by atoms with Crippen LogP contribution in [0.1, 0.15) is 60.3 Å². The van der Waals surface area contributed by atoms with Crippen LogP contribution >= 0.6 is 0 Å². The second kappa shape index (κ2) is 10.4. The van der Waals surface area contributed by atoms with Gasteiger partial charge in [0.25, 0.3) is 5.91 Å². The molecule has 1 aliphatic carbocycles. The van der Waals surface area contributed by atoms with Crippen molar-refractivity contribution in [2.45, 2.75) is 46.6 Å². The Balaban J connectivity index is 1.51. The Morgan fingerprint density at radius 3 is 2.54 bits per heavy atom. The second-order valence-corrected chi connectivity index (χ2v) is 10.0. The summed E-state index contributed by atoms with van der Waals surface area (Å²) < 4.78 is 0. The van der Waals surface area contributed by atoms with Crippen molar-refractivity contribution in [1.29, 1.82) is 0 Å². The minimum atomic E-state index is -0.131. The lowest BCUT2D eigenvalue weighted by atomic mass is 9.98. The molecule has 0 radical (unpaired) electrons. The lowest BCUT2D eigenvalue weighted by Crippen LogP contribution is -2.37. The minimum Gasteiger partial charge on any atom is -0.324 e. The monoisotopic (exact) mass is 469 g/mol. The fourth-order valence-corrected chi connectivity index (χ4v) is 4.27. The lowest BCUT2D eigenvalue weighted by Gasteiger charge is -2.15. The average Bonchev–Trinajstić information content (AvgIpc) is 2.81. The van der Waals surface area contributed by atoms with Gasteiger partial charge >= 0.3 is 0 Å². The largest absolute Gasteiger partial charge is 0.324 e. The Morgan fingerprint density at radius 2 is 1.86 bits per heavy atom. The fourth-order valence-electron chi connectivity index (χ4n) is 4.27. The zero-order valence-corrected chi connectivity index (χ0v) is 21.5. The lowest BCUT2D eigenvalue weighted by molar-refractivity contribution is 0.102. The molecule has 4 rings (SSSR count). The number of fused-ring (bicyclic) bond motifs is 1. The van der Waals surface area contributed by atoms with E-state index in [0.717, 1.165) is 51.7 Å². The first kappa shape index (κ1) is 24.6. The number of carbonyl (C=O) groups is 1. The van der Waals surface area contributed by atoms with Gasteiger partial charge in [0.15, 0.2) is 0 Å². The maximum Gasteiger partial charge on any atom is 0.255 e. The highest BCUT2D eigenvalue weighted by atomic mass is 16.1. The molecule has 1 atom stereocenters. The number of nitrogens with one attached hydrogen (secondary N) is 2. The molecule has 0 saturated carbocycles. The SMILES string of the molecule is Cc1ccc(CN(C)C)cc1NC(=O)c1ccc(Nc2nc(C(C)C)c3c(n2)=CCC(C)C=3)cc1. The van der Waals surface area contributed by atoms with Crippen LogP contribution in [0.5, 0.6) is 0 Å². The molecule has 0 fully saturated rings. The van der Waals surface area contributed by atoms with E-state index < -0.39 is 0 Å². The highest BCUT2D eigenvalue weighted by Gasteiger charge is 2.13. The van der Waals surface area contributed by atoms with E-state index in [1.54, 1.807) is 0 Å². The topological polar surface area (TPSA) is 70.2 Å². The number of carbonyl (C=O) groups excluding carboxylic acids is 1. The molecule has 0 spiro atoms. The van der Waals surface area contributed by atoms with Crippen LogP contribution < -0.4 is 21.2 Å². The predicted octanol–water partition coefficient (Wildman–Crippen LogP) is 4.57. The zero-order valence-electron chi connectivity index (χ0n) is 21.5. The second-order valence-electron chi connectivity index (χ2n) is 10.0. The van der Waals surface area contributed by atoms with Crippen molar-refractivity contribution in [3.8, 4) is 0 Å². The highest BCUT2D eigenvalue weighted by Crippen LogP contribution is 2.20. The van der Waals surface area contributed by atoms with Gasteiger partial charge in [-0.1, -0.05) is 45.1 Å². The Bertz CT molecular complexity index is 1340. The molecule has 1 aromatic heterocycles. The third-order valence-corrected chi connectivity index (χ3v) is 6.14. The van der Waals surface area contributed by atoms with Crippen molar-refractivity contribution in [3.63, 3.8) is 0 Å². The number of amides is 1. The Morgan fingerprint density at radius 1 is 1.11 bits per heavy atom. The summed E-state index contributed by atoms with van der Waals surface area (Å²) in [6.07, 6.45) is 5.46. The van der Waals surface area contributed by atoms with E-state index in [1.165, 1.54) is 0 Å². The van der Waals surface area contributed by atoms with Gasteiger partial charge in [0.1, 0.15) is 0 Å². The fraction of sp³-hybridized carbons (Fsp3) is 0.345. The maximum absolute atomic E-state index is 12.9. The zero-order chi connectivity index (χ0) is 25.1. The van der Waals surface area contributed by atoms with Crippen LogP contribution in [0.4, 0.5) is 17.3 Å². The van der Waals surface area contributed by atoms with Gasteiger partial charge in [0.05, 0.1) is 11.0 Å². The predicted molar refractivity (Wildman–Crippen MR) is 144 cm³/mol.